The third-order valence-electron chi connectivity index (χ3n) is 4.80. The van der Waals surface area contributed by atoms with Crippen molar-refractivity contribution in [1.82, 2.24) is 4.90 Å². The molecule has 1 heterocycles. The van der Waals surface area contributed by atoms with E-state index < -0.39 is 12.2 Å². The number of unbranched alkanes of at least 4 members (excludes halogenated alkanes) is 2. The van der Waals surface area contributed by atoms with Gasteiger partial charge in [-0.15, -0.1) is 0 Å². The molecule has 1 aliphatic rings. The van der Waals surface area contributed by atoms with Crippen molar-refractivity contribution in [3.8, 4) is 0 Å². The lowest BCUT2D eigenvalue weighted by Crippen LogP contribution is -2.48. The van der Waals surface area contributed by atoms with Crippen molar-refractivity contribution >= 4 is 0 Å². The predicted octanol–water partition coefficient (Wildman–Crippen LogP) is 2.41. The molecule has 5 nitrogen and oxygen atoms in total. The Balaban J connectivity index is 2.36. The summed E-state index contributed by atoms with van der Waals surface area (Å²) in [5.74, 6) is 0.879. The normalized spacial score (nSPS) is 20.5. The van der Waals surface area contributed by atoms with Gasteiger partial charge in [0.25, 0.3) is 6.48 Å². The number of ether oxygens (including phenoxy) is 1. The van der Waals surface area contributed by atoms with Crippen LogP contribution in [0.25, 0.3) is 0 Å². The Kier molecular flexibility index (Phi) is 9.52. The number of nitrogens with zero attached hydrogens (tertiary/aromatic N) is 1. The first-order valence-electron chi connectivity index (χ1n) is 9.04. The summed E-state index contributed by atoms with van der Waals surface area (Å²) in [5.41, 5.74) is 5.34. The first-order valence-corrected chi connectivity index (χ1v) is 9.04. The van der Waals surface area contributed by atoms with Crippen molar-refractivity contribution in [2.45, 2.75) is 83.8 Å². The van der Waals surface area contributed by atoms with Crippen molar-refractivity contribution in [1.29, 1.82) is 0 Å². The number of rotatable bonds is 11. The zero-order valence-electron chi connectivity index (χ0n) is 14.5. The fourth-order valence-corrected chi connectivity index (χ4v) is 3.38. The van der Waals surface area contributed by atoms with Crippen LogP contribution in [0.2, 0.25) is 0 Å². The summed E-state index contributed by atoms with van der Waals surface area (Å²) in [6, 6.07) is 0. The second kappa shape index (κ2) is 10.6. The number of likely N-dealkylation sites (tertiary alicyclic amines) is 1. The molecular formula is C17H36N2O3. The molecule has 1 atom stereocenters. The topological polar surface area (TPSA) is 79.0 Å². The van der Waals surface area contributed by atoms with Crippen LogP contribution in [0.5, 0.6) is 0 Å². The monoisotopic (exact) mass is 316 g/mol. The van der Waals surface area contributed by atoms with Gasteiger partial charge in [0.2, 0.25) is 0 Å². The first-order chi connectivity index (χ1) is 10.5. The minimum absolute atomic E-state index is 0.646. The van der Waals surface area contributed by atoms with Gasteiger partial charge in [-0.05, 0) is 44.7 Å². The molecule has 0 spiro atoms. The zero-order valence-corrected chi connectivity index (χ0v) is 14.5. The van der Waals surface area contributed by atoms with E-state index in [0.29, 0.717) is 12.8 Å². The Morgan fingerprint density at radius 1 is 1.14 bits per heavy atom. The van der Waals surface area contributed by atoms with Crippen LogP contribution in [0.15, 0.2) is 0 Å². The van der Waals surface area contributed by atoms with Gasteiger partial charge in [-0.3, -0.25) is 0 Å². The third kappa shape index (κ3) is 7.88. The van der Waals surface area contributed by atoms with Crippen molar-refractivity contribution in [2.24, 2.45) is 11.7 Å². The molecule has 1 fully saturated rings. The summed E-state index contributed by atoms with van der Waals surface area (Å²) in [7, 11) is 0. The average molecular weight is 316 g/mol. The largest absolute Gasteiger partial charge is 0.346 e. The van der Waals surface area contributed by atoms with Gasteiger partial charge in [-0.2, -0.15) is 0 Å². The lowest BCUT2D eigenvalue weighted by molar-refractivity contribution is -0.289. The number of nitrogens with two attached hydrogens (primary N) is 1. The van der Waals surface area contributed by atoms with E-state index in [-0.39, 0.29) is 0 Å². The molecule has 0 radical (unpaired) electrons. The maximum absolute atomic E-state index is 9.11. The van der Waals surface area contributed by atoms with Crippen LogP contribution in [-0.2, 0) is 4.74 Å². The maximum Gasteiger partial charge on any atom is 0.268 e. The molecular weight excluding hydrogens is 280 g/mol. The molecule has 0 aromatic rings. The average Bonchev–Trinajstić information content (AvgIpc) is 2.46. The van der Waals surface area contributed by atoms with Crippen LogP contribution in [0.3, 0.4) is 0 Å². The molecule has 0 bridgehead atoms. The molecule has 132 valence electrons. The van der Waals surface area contributed by atoms with Crippen LogP contribution < -0.4 is 5.73 Å². The molecule has 22 heavy (non-hydrogen) atoms. The van der Waals surface area contributed by atoms with Crippen molar-refractivity contribution < 1.29 is 14.9 Å². The maximum atomic E-state index is 9.11. The van der Waals surface area contributed by atoms with E-state index in [1.54, 1.807) is 0 Å². The predicted molar refractivity (Wildman–Crippen MR) is 89.1 cm³/mol. The Bertz CT molecular complexity index is 281. The van der Waals surface area contributed by atoms with Gasteiger partial charge in [-0.1, -0.05) is 39.5 Å². The van der Waals surface area contributed by atoms with Gasteiger partial charge in [0, 0.05) is 13.0 Å². The summed E-state index contributed by atoms with van der Waals surface area (Å²) in [4.78, 5) is 2.43. The Labute approximate surface area is 135 Å². The molecule has 1 aliphatic heterocycles. The van der Waals surface area contributed by atoms with E-state index in [0.717, 1.165) is 44.8 Å². The molecule has 0 aliphatic carbocycles. The molecule has 0 aromatic heterocycles. The van der Waals surface area contributed by atoms with Gasteiger partial charge in [0.1, 0.15) is 5.72 Å². The van der Waals surface area contributed by atoms with E-state index in [2.05, 4.69) is 18.7 Å². The highest BCUT2D eigenvalue weighted by Crippen LogP contribution is 2.24. The van der Waals surface area contributed by atoms with Crippen molar-refractivity contribution in [3.05, 3.63) is 0 Å². The van der Waals surface area contributed by atoms with E-state index in [1.807, 2.05) is 0 Å². The van der Waals surface area contributed by atoms with Crippen LogP contribution in [0.4, 0.5) is 0 Å². The molecule has 0 amide bonds. The number of aliphatic hydroxyl groups is 2. The van der Waals surface area contributed by atoms with E-state index in [1.165, 1.54) is 25.7 Å². The highest BCUT2D eigenvalue weighted by molar-refractivity contribution is 4.78. The SMILES string of the molecule is CCCCCC(N)(CCN1CCC(CCC)CC1)OC(O)O. The zero-order chi connectivity index (χ0) is 16.4. The second-order valence-electron chi connectivity index (χ2n) is 6.79. The summed E-state index contributed by atoms with van der Waals surface area (Å²) in [6.07, 6.45) is 9.63. The molecule has 1 unspecified atom stereocenters. The third-order valence-corrected chi connectivity index (χ3v) is 4.80. The van der Waals surface area contributed by atoms with Crippen LogP contribution >= 0.6 is 0 Å². The van der Waals surface area contributed by atoms with Crippen LogP contribution in [0, 0.1) is 5.92 Å². The lowest BCUT2D eigenvalue weighted by Gasteiger charge is -2.36. The highest BCUT2D eigenvalue weighted by Gasteiger charge is 2.29. The Hall–Kier alpha value is -0.200. The van der Waals surface area contributed by atoms with Crippen LogP contribution in [0.1, 0.15) is 71.6 Å². The molecule has 4 N–H and O–H groups in total. The van der Waals surface area contributed by atoms with Gasteiger partial charge in [-0.25, -0.2) is 0 Å². The fourth-order valence-electron chi connectivity index (χ4n) is 3.38. The summed E-state index contributed by atoms with van der Waals surface area (Å²) in [6.45, 7) is 5.72. The number of hydrogen-bond donors (Lipinski definition) is 3. The molecule has 0 saturated carbocycles. The van der Waals surface area contributed by atoms with E-state index >= 15 is 0 Å². The summed E-state index contributed by atoms with van der Waals surface area (Å²) in [5, 5.41) is 18.2. The Morgan fingerprint density at radius 3 is 2.36 bits per heavy atom. The van der Waals surface area contributed by atoms with Crippen molar-refractivity contribution in [2.75, 3.05) is 19.6 Å². The number of hydrogen-bond acceptors (Lipinski definition) is 5. The lowest BCUT2D eigenvalue weighted by atomic mass is 9.92. The number of aliphatic hydroxyl groups excluding tert-OH is 1. The minimum Gasteiger partial charge on any atom is -0.346 e. The van der Waals surface area contributed by atoms with Crippen molar-refractivity contribution in [3.63, 3.8) is 0 Å². The summed E-state index contributed by atoms with van der Waals surface area (Å²) < 4.78 is 5.20. The van der Waals surface area contributed by atoms with Gasteiger partial charge in [0.05, 0.1) is 0 Å². The molecule has 1 rings (SSSR count). The fraction of sp³-hybridized carbons (Fsp3) is 1.00. The first kappa shape index (κ1) is 19.8. The van der Waals surface area contributed by atoms with Crippen LogP contribution in [-0.4, -0.2) is 46.9 Å². The summed E-state index contributed by atoms with van der Waals surface area (Å²) >= 11 is 0. The van der Waals surface area contributed by atoms with E-state index in [4.69, 9.17) is 20.7 Å². The molecule has 0 aromatic carbocycles. The quantitative estimate of drug-likeness (QED) is 0.403. The molecule has 1 saturated heterocycles. The standard InChI is InChI=1S/C17H36N2O3/c1-3-5-6-10-17(18,22-16(20)21)11-14-19-12-8-15(7-4-2)9-13-19/h15-16,20-21H,3-14,18H2,1-2H3. The molecule has 5 heteroatoms. The van der Waals surface area contributed by atoms with Gasteiger partial charge in [0.15, 0.2) is 0 Å². The highest BCUT2D eigenvalue weighted by atomic mass is 16.7. The smallest absolute Gasteiger partial charge is 0.268 e. The minimum atomic E-state index is -1.79. The number of piperidine rings is 1. The Morgan fingerprint density at radius 2 is 1.82 bits per heavy atom. The van der Waals surface area contributed by atoms with E-state index in [9.17, 15) is 0 Å². The van der Waals surface area contributed by atoms with Gasteiger partial charge < -0.3 is 25.6 Å². The second-order valence-corrected chi connectivity index (χ2v) is 6.79. The van der Waals surface area contributed by atoms with Gasteiger partial charge >= 0.3 is 0 Å².